The molecule has 2 aliphatic rings. The molecule has 1 unspecified atom stereocenters. The maximum atomic E-state index is 12.5. The summed E-state index contributed by atoms with van der Waals surface area (Å²) in [5.41, 5.74) is 3.94. The summed E-state index contributed by atoms with van der Waals surface area (Å²) >= 11 is 1.50. The second-order valence-electron chi connectivity index (χ2n) is 7.92. The molecule has 0 radical (unpaired) electrons. The van der Waals surface area contributed by atoms with Gasteiger partial charge >= 0.3 is 6.03 Å². The molecule has 2 N–H and O–H groups in total. The topological polar surface area (TPSA) is 70.2 Å². The predicted molar refractivity (Wildman–Crippen MR) is 104 cm³/mol. The van der Waals surface area contributed by atoms with Gasteiger partial charge in [0.05, 0.1) is 0 Å². The van der Waals surface area contributed by atoms with Gasteiger partial charge in [0.25, 0.3) is 0 Å². The first-order valence-corrected chi connectivity index (χ1v) is 10.1. The van der Waals surface area contributed by atoms with Crippen LogP contribution in [-0.2, 0) is 0 Å². The Morgan fingerprint density at radius 3 is 2.54 bits per heavy atom. The zero-order valence-corrected chi connectivity index (χ0v) is 16.1. The smallest absolute Gasteiger partial charge is 0.321 e. The van der Waals surface area contributed by atoms with Gasteiger partial charge < -0.3 is 15.5 Å². The summed E-state index contributed by atoms with van der Waals surface area (Å²) in [6.07, 6.45) is 2.15. The number of aromatic nitrogens is 2. The number of urea groups is 1. The summed E-state index contributed by atoms with van der Waals surface area (Å²) in [5.74, 6) is 0.675. The van der Waals surface area contributed by atoms with E-state index in [2.05, 4.69) is 34.7 Å². The summed E-state index contributed by atoms with van der Waals surface area (Å²) in [6.45, 7) is 7.42. The minimum atomic E-state index is -0.00653. The first kappa shape index (κ1) is 17.4. The van der Waals surface area contributed by atoms with E-state index in [1.54, 1.807) is 5.51 Å². The lowest BCUT2D eigenvalue weighted by atomic mass is 9.68. The molecule has 0 bridgehead atoms. The third-order valence-corrected chi connectivity index (χ3v) is 6.40. The van der Waals surface area contributed by atoms with Crippen LogP contribution in [0.25, 0.3) is 10.6 Å². The number of carbonyl (C=O) groups is 1. The Kier molecular flexibility index (Phi) is 4.67. The maximum absolute atomic E-state index is 12.5. The Morgan fingerprint density at radius 1 is 1.27 bits per heavy atom. The number of piperidine rings is 1. The lowest BCUT2D eigenvalue weighted by molar-refractivity contribution is 0.0469. The standard InChI is InChI=1S/C19H25N5OS/c1-19(2)11-20-16(19)13-7-9-24(10-8-13)18(25)22-15-5-3-14(4-6-15)17-23-21-12-26-17/h3-6,12-13,16,20H,7-11H2,1-2H3,(H,22,25). The molecule has 6 nitrogen and oxygen atoms in total. The molecule has 138 valence electrons. The lowest BCUT2D eigenvalue weighted by Gasteiger charge is -2.51. The Morgan fingerprint density at radius 2 is 2.00 bits per heavy atom. The average Bonchev–Trinajstić information content (AvgIpc) is 3.17. The average molecular weight is 372 g/mol. The van der Waals surface area contributed by atoms with E-state index in [9.17, 15) is 4.79 Å². The zero-order valence-electron chi connectivity index (χ0n) is 15.2. The highest BCUT2D eigenvalue weighted by molar-refractivity contribution is 7.12. The summed E-state index contributed by atoms with van der Waals surface area (Å²) < 4.78 is 0. The molecule has 3 heterocycles. The van der Waals surface area contributed by atoms with Gasteiger partial charge in [0.1, 0.15) is 10.5 Å². The minimum Gasteiger partial charge on any atom is -0.325 e. The van der Waals surface area contributed by atoms with Crippen LogP contribution in [-0.4, -0.2) is 46.8 Å². The Balaban J connectivity index is 1.30. The number of amides is 2. The zero-order chi connectivity index (χ0) is 18.1. The molecule has 4 rings (SSSR count). The van der Waals surface area contributed by atoms with Gasteiger partial charge in [-0.25, -0.2) is 4.79 Å². The van der Waals surface area contributed by atoms with Crippen molar-refractivity contribution in [3.63, 3.8) is 0 Å². The number of hydrogen-bond donors (Lipinski definition) is 2. The fourth-order valence-electron chi connectivity index (χ4n) is 4.07. The van der Waals surface area contributed by atoms with Crippen LogP contribution in [0.1, 0.15) is 26.7 Å². The van der Waals surface area contributed by atoms with Crippen LogP contribution in [0.4, 0.5) is 10.5 Å². The summed E-state index contributed by atoms with van der Waals surface area (Å²) in [6, 6.07) is 8.36. The van der Waals surface area contributed by atoms with E-state index in [-0.39, 0.29) is 6.03 Å². The fourth-order valence-corrected chi connectivity index (χ4v) is 4.63. The SMILES string of the molecule is CC1(C)CNC1C1CCN(C(=O)Nc2ccc(-c3nncs3)cc2)CC1. The fraction of sp³-hybridized carbons (Fsp3) is 0.526. The molecular formula is C19H25N5OS. The molecule has 2 fully saturated rings. The molecule has 0 saturated carbocycles. The van der Waals surface area contributed by atoms with Crippen molar-refractivity contribution in [2.45, 2.75) is 32.7 Å². The highest BCUT2D eigenvalue weighted by Crippen LogP contribution is 2.37. The number of nitrogens with zero attached hydrogens (tertiary/aromatic N) is 3. The van der Waals surface area contributed by atoms with Crippen LogP contribution in [0, 0.1) is 11.3 Å². The third kappa shape index (κ3) is 3.46. The Hall–Kier alpha value is -1.99. The lowest BCUT2D eigenvalue weighted by Crippen LogP contribution is -2.64. The molecule has 2 aromatic rings. The number of rotatable bonds is 3. The molecule has 1 atom stereocenters. The molecule has 0 spiro atoms. The van der Waals surface area contributed by atoms with E-state index < -0.39 is 0 Å². The number of hydrogen-bond acceptors (Lipinski definition) is 5. The van der Waals surface area contributed by atoms with Crippen LogP contribution in [0.5, 0.6) is 0 Å². The van der Waals surface area contributed by atoms with Crippen molar-refractivity contribution in [3.05, 3.63) is 29.8 Å². The van der Waals surface area contributed by atoms with Crippen molar-refractivity contribution < 1.29 is 4.79 Å². The Bertz CT molecular complexity index is 751. The van der Waals surface area contributed by atoms with Gasteiger partial charge in [0.2, 0.25) is 0 Å². The molecule has 26 heavy (non-hydrogen) atoms. The molecule has 1 aromatic heterocycles. The van der Waals surface area contributed by atoms with Gasteiger partial charge in [-0.05, 0) is 48.4 Å². The molecule has 2 aliphatic heterocycles. The highest BCUT2D eigenvalue weighted by Gasteiger charge is 2.43. The van der Waals surface area contributed by atoms with Gasteiger partial charge in [-0.2, -0.15) is 0 Å². The van der Waals surface area contributed by atoms with Crippen LogP contribution >= 0.6 is 11.3 Å². The van der Waals surface area contributed by atoms with Gasteiger partial charge in [0, 0.05) is 36.9 Å². The molecule has 7 heteroatoms. The van der Waals surface area contributed by atoms with Gasteiger partial charge in [-0.15, -0.1) is 10.2 Å². The minimum absolute atomic E-state index is 0.00653. The molecule has 1 aromatic carbocycles. The normalized spacial score (nSPS) is 22.7. The van der Waals surface area contributed by atoms with Gasteiger partial charge in [-0.1, -0.05) is 25.2 Å². The number of carbonyl (C=O) groups excluding carboxylic acids is 1. The van der Waals surface area contributed by atoms with E-state index in [1.807, 2.05) is 29.2 Å². The quantitative estimate of drug-likeness (QED) is 0.867. The molecule has 2 amide bonds. The van der Waals surface area contributed by atoms with Crippen molar-refractivity contribution in [3.8, 4) is 10.6 Å². The van der Waals surface area contributed by atoms with E-state index in [0.717, 1.165) is 48.7 Å². The van der Waals surface area contributed by atoms with Crippen LogP contribution in [0.15, 0.2) is 29.8 Å². The summed E-state index contributed by atoms with van der Waals surface area (Å²) in [7, 11) is 0. The number of anilines is 1. The van der Waals surface area contributed by atoms with E-state index in [4.69, 9.17) is 0 Å². The van der Waals surface area contributed by atoms with Crippen LogP contribution in [0.2, 0.25) is 0 Å². The summed E-state index contributed by atoms with van der Waals surface area (Å²) in [5, 5.41) is 15.4. The first-order chi connectivity index (χ1) is 12.5. The molecular weight excluding hydrogens is 346 g/mol. The van der Waals surface area contributed by atoms with Crippen molar-refractivity contribution in [1.82, 2.24) is 20.4 Å². The van der Waals surface area contributed by atoms with Crippen molar-refractivity contribution in [2.75, 3.05) is 25.0 Å². The monoisotopic (exact) mass is 371 g/mol. The predicted octanol–water partition coefficient (Wildman–Crippen LogP) is 3.45. The number of benzene rings is 1. The second kappa shape index (κ2) is 6.96. The van der Waals surface area contributed by atoms with Crippen molar-refractivity contribution in [1.29, 1.82) is 0 Å². The van der Waals surface area contributed by atoms with Crippen molar-refractivity contribution in [2.24, 2.45) is 11.3 Å². The number of nitrogens with one attached hydrogen (secondary N) is 2. The highest BCUT2D eigenvalue weighted by atomic mass is 32.1. The first-order valence-electron chi connectivity index (χ1n) is 9.19. The van der Waals surface area contributed by atoms with Gasteiger partial charge in [0.15, 0.2) is 0 Å². The molecule has 0 aliphatic carbocycles. The third-order valence-electron chi connectivity index (χ3n) is 5.66. The van der Waals surface area contributed by atoms with E-state index in [1.165, 1.54) is 11.3 Å². The van der Waals surface area contributed by atoms with E-state index >= 15 is 0 Å². The van der Waals surface area contributed by atoms with Crippen molar-refractivity contribution >= 4 is 23.1 Å². The number of likely N-dealkylation sites (tertiary alicyclic amines) is 1. The van der Waals surface area contributed by atoms with E-state index in [0.29, 0.717) is 17.4 Å². The second-order valence-corrected chi connectivity index (χ2v) is 8.76. The Labute approximate surface area is 158 Å². The van der Waals surface area contributed by atoms with Crippen LogP contribution in [0.3, 0.4) is 0 Å². The maximum Gasteiger partial charge on any atom is 0.321 e. The van der Waals surface area contributed by atoms with Crippen LogP contribution < -0.4 is 10.6 Å². The van der Waals surface area contributed by atoms with Gasteiger partial charge in [-0.3, -0.25) is 0 Å². The summed E-state index contributed by atoms with van der Waals surface area (Å²) in [4.78, 5) is 14.5. The largest absolute Gasteiger partial charge is 0.325 e. The molecule has 2 saturated heterocycles.